The first-order chi connectivity index (χ1) is 7.97. The highest BCUT2D eigenvalue weighted by atomic mass is 16.1. The van der Waals surface area contributed by atoms with Gasteiger partial charge in [-0.3, -0.25) is 4.79 Å². The van der Waals surface area contributed by atoms with E-state index in [1.165, 1.54) is 11.1 Å². The third kappa shape index (κ3) is 1.92. The van der Waals surface area contributed by atoms with Crippen LogP contribution < -0.4 is 0 Å². The molecule has 0 atom stereocenters. The van der Waals surface area contributed by atoms with Crippen LogP contribution in [0, 0.1) is 17.3 Å². The van der Waals surface area contributed by atoms with Crippen LogP contribution in [0.2, 0.25) is 0 Å². The summed E-state index contributed by atoms with van der Waals surface area (Å²) < 4.78 is 0. The molecule has 17 heavy (non-hydrogen) atoms. The van der Waals surface area contributed by atoms with Crippen molar-refractivity contribution < 1.29 is 4.79 Å². The third-order valence-electron chi connectivity index (χ3n) is 4.25. The third-order valence-corrected chi connectivity index (χ3v) is 4.25. The van der Waals surface area contributed by atoms with Crippen LogP contribution in [0.25, 0.3) is 0 Å². The molecule has 1 aliphatic carbocycles. The highest BCUT2D eigenvalue weighted by molar-refractivity contribution is 5.88. The molecule has 0 heterocycles. The molecule has 0 bridgehead atoms. The normalized spacial score (nSPS) is 17.5. The summed E-state index contributed by atoms with van der Waals surface area (Å²) in [5.41, 5.74) is 2.59. The summed E-state index contributed by atoms with van der Waals surface area (Å²) in [6.45, 7) is 8.42. The van der Waals surface area contributed by atoms with E-state index >= 15 is 0 Å². The van der Waals surface area contributed by atoms with Gasteiger partial charge in [0.15, 0.2) is 0 Å². The maximum Gasteiger partial charge on any atom is 0.142 e. The number of Topliss-reactive ketones (excluding diaryl/α,β-unsaturated/α-hetero) is 1. The molecular formula is C16H22O. The van der Waals surface area contributed by atoms with Gasteiger partial charge in [0.2, 0.25) is 0 Å². The molecule has 0 amide bonds. The summed E-state index contributed by atoms with van der Waals surface area (Å²) in [5.74, 6) is 0.972. The predicted octanol–water partition coefficient (Wildman–Crippen LogP) is 3.65. The van der Waals surface area contributed by atoms with E-state index in [9.17, 15) is 4.79 Å². The molecule has 0 aromatic heterocycles. The van der Waals surface area contributed by atoms with Crippen molar-refractivity contribution in [1.29, 1.82) is 0 Å². The Morgan fingerprint density at radius 3 is 1.88 bits per heavy atom. The quantitative estimate of drug-likeness (QED) is 0.774. The van der Waals surface area contributed by atoms with Gasteiger partial charge in [-0.05, 0) is 29.9 Å². The average Bonchev–Trinajstić information content (AvgIpc) is 2.68. The Hall–Kier alpha value is -1.11. The van der Waals surface area contributed by atoms with E-state index in [2.05, 4.69) is 38.1 Å². The average molecular weight is 230 g/mol. The number of hydrogen-bond donors (Lipinski definition) is 0. The molecule has 1 aromatic rings. The predicted molar refractivity (Wildman–Crippen MR) is 71.0 cm³/mol. The van der Waals surface area contributed by atoms with Gasteiger partial charge in [-0.25, -0.2) is 0 Å². The molecule has 2 rings (SSSR count). The van der Waals surface area contributed by atoms with Crippen LogP contribution in [-0.4, -0.2) is 5.78 Å². The van der Waals surface area contributed by atoms with E-state index in [1.807, 2.05) is 13.8 Å². The Balaban J connectivity index is 2.39. The standard InChI is InChI=1S/C16H22O/c1-11(2)15(17)16(12(3)4)9-13-7-5-6-8-14(13)10-16/h5-8,11-12H,9-10H2,1-4H3. The molecule has 1 aromatic carbocycles. The van der Waals surface area contributed by atoms with Crippen LogP contribution in [0.3, 0.4) is 0 Å². The van der Waals surface area contributed by atoms with Crippen LogP contribution in [0.4, 0.5) is 0 Å². The van der Waals surface area contributed by atoms with E-state index in [0.717, 1.165) is 12.8 Å². The van der Waals surface area contributed by atoms with Gasteiger partial charge >= 0.3 is 0 Å². The largest absolute Gasteiger partial charge is 0.299 e. The van der Waals surface area contributed by atoms with Crippen LogP contribution in [-0.2, 0) is 17.6 Å². The second-order valence-corrected chi connectivity index (χ2v) is 5.95. The number of ketones is 1. The fourth-order valence-corrected chi connectivity index (χ4v) is 3.09. The molecule has 0 saturated heterocycles. The maximum absolute atomic E-state index is 12.6. The summed E-state index contributed by atoms with van der Waals surface area (Å²) in [6.07, 6.45) is 1.86. The lowest BCUT2D eigenvalue weighted by molar-refractivity contribution is -0.134. The smallest absolute Gasteiger partial charge is 0.142 e. The van der Waals surface area contributed by atoms with E-state index in [0.29, 0.717) is 11.7 Å². The Bertz CT molecular complexity index is 404. The van der Waals surface area contributed by atoms with Gasteiger partial charge in [-0.15, -0.1) is 0 Å². The van der Waals surface area contributed by atoms with E-state index in [-0.39, 0.29) is 11.3 Å². The first-order valence-electron chi connectivity index (χ1n) is 6.58. The molecule has 0 N–H and O–H groups in total. The second-order valence-electron chi connectivity index (χ2n) is 5.95. The molecule has 0 spiro atoms. The molecule has 0 aliphatic heterocycles. The molecule has 1 heteroatoms. The Morgan fingerprint density at radius 2 is 1.53 bits per heavy atom. The van der Waals surface area contributed by atoms with Gasteiger partial charge in [0.05, 0.1) is 0 Å². The number of hydrogen-bond acceptors (Lipinski definition) is 1. The van der Waals surface area contributed by atoms with Crippen molar-refractivity contribution in [3.05, 3.63) is 35.4 Å². The van der Waals surface area contributed by atoms with Crippen LogP contribution in [0.5, 0.6) is 0 Å². The maximum atomic E-state index is 12.6. The number of carbonyl (C=O) groups excluding carboxylic acids is 1. The Labute approximate surface area is 104 Å². The second kappa shape index (κ2) is 4.29. The summed E-state index contributed by atoms with van der Waals surface area (Å²) in [7, 11) is 0. The zero-order valence-corrected chi connectivity index (χ0v) is 11.3. The van der Waals surface area contributed by atoms with Crippen molar-refractivity contribution in [3.63, 3.8) is 0 Å². The first kappa shape index (κ1) is 12.3. The lowest BCUT2D eigenvalue weighted by Gasteiger charge is -2.33. The van der Waals surface area contributed by atoms with Crippen molar-refractivity contribution in [2.24, 2.45) is 17.3 Å². The van der Waals surface area contributed by atoms with Crippen LogP contribution >= 0.6 is 0 Å². The van der Waals surface area contributed by atoms with E-state index < -0.39 is 0 Å². The van der Waals surface area contributed by atoms with E-state index in [4.69, 9.17) is 0 Å². The molecule has 0 unspecified atom stereocenters. The topological polar surface area (TPSA) is 17.1 Å². The van der Waals surface area contributed by atoms with Crippen molar-refractivity contribution in [2.45, 2.75) is 40.5 Å². The van der Waals surface area contributed by atoms with Crippen molar-refractivity contribution >= 4 is 5.78 Å². The summed E-state index contributed by atoms with van der Waals surface area (Å²) >= 11 is 0. The van der Waals surface area contributed by atoms with Crippen LogP contribution in [0.1, 0.15) is 38.8 Å². The Kier molecular flexibility index (Phi) is 3.11. The Morgan fingerprint density at radius 1 is 1.06 bits per heavy atom. The fourth-order valence-electron chi connectivity index (χ4n) is 3.09. The molecule has 1 aliphatic rings. The first-order valence-corrected chi connectivity index (χ1v) is 6.58. The number of benzene rings is 1. The number of rotatable bonds is 3. The number of carbonyl (C=O) groups is 1. The minimum Gasteiger partial charge on any atom is -0.299 e. The van der Waals surface area contributed by atoms with Crippen LogP contribution in [0.15, 0.2) is 24.3 Å². The highest BCUT2D eigenvalue weighted by Crippen LogP contribution is 2.44. The monoisotopic (exact) mass is 230 g/mol. The SMILES string of the molecule is CC(C)C(=O)C1(C(C)C)Cc2ccccc2C1. The summed E-state index contributed by atoms with van der Waals surface area (Å²) in [6, 6.07) is 8.50. The zero-order chi connectivity index (χ0) is 12.6. The van der Waals surface area contributed by atoms with Gasteiger partial charge in [0.25, 0.3) is 0 Å². The zero-order valence-electron chi connectivity index (χ0n) is 11.3. The molecule has 0 radical (unpaired) electrons. The number of fused-ring (bicyclic) bond motifs is 1. The minimum atomic E-state index is -0.155. The van der Waals surface area contributed by atoms with E-state index in [1.54, 1.807) is 0 Å². The molecule has 0 saturated carbocycles. The van der Waals surface area contributed by atoms with Gasteiger partial charge in [-0.2, -0.15) is 0 Å². The molecule has 1 nitrogen and oxygen atoms in total. The minimum absolute atomic E-state index is 0.131. The summed E-state index contributed by atoms with van der Waals surface area (Å²) in [5, 5.41) is 0. The molecule has 0 fully saturated rings. The highest BCUT2D eigenvalue weighted by Gasteiger charge is 2.46. The lowest BCUT2D eigenvalue weighted by atomic mass is 9.68. The fraction of sp³-hybridized carbons (Fsp3) is 0.562. The molecular weight excluding hydrogens is 208 g/mol. The summed E-state index contributed by atoms with van der Waals surface area (Å²) in [4.78, 5) is 12.6. The lowest BCUT2D eigenvalue weighted by Crippen LogP contribution is -2.40. The van der Waals surface area contributed by atoms with Gasteiger partial charge in [-0.1, -0.05) is 52.0 Å². The van der Waals surface area contributed by atoms with Crippen molar-refractivity contribution in [3.8, 4) is 0 Å². The van der Waals surface area contributed by atoms with Crippen molar-refractivity contribution in [2.75, 3.05) is 0 Å². The van der Waals surface area contributed by atoms with Gasteiger partial charge in [0, 0.05) is 11.3 Å². The van der Waals surface area contributed by atoms with Gasteiger partial charge < -0.3 is 0 Å². The van der Waals surface area contributed by atoms with Crippen molar-refractivity contribution in [1.82, 2.24) is 0 Å². The van der Waals surface area contributed by atoms with Gasteiger partial charge in [0.1, 0.15) is 5.78 Å². The molecule has 92 valence electrons.